The molecule has 1 aliphatic carbocycles. The molecule has 4 rings (SSSR count). The Morgan fingerprint density at radius 1 is 1.16 bits per heavy atom. The third kappa shape index (κ3) is 4.35. The maximum Gasteiger partial charge on any atom is 0.226 e. The Labute approximate surface area is 183 Å². The lowest BCUT2D eigenvalue weighted by Gasteiger charge is -2.19. The molecule has 31 heavy (non-hydrogen) atoms. The molecule has 3 heterocycles. The van der Waals surface area contributed by atoms with Crippen LogP contribution in [-0.4, -0.2) is 60.2 Å². The number of fused-ring (bicyclic) bond motifs is 1. The van der Waals surface area contributed by atoms with Gasteiger partial charge in [-0.15, -0.1) is 11.3 Å². The molecule has 1 aliphatic rings. The summed E-state index contributed by atoms with van der Waals surface area (Å²) in [5.74, 6) is 1.00. The van der Waals surface area contributed by atoms with Gasteiger partial charge in [0.1, 0.15) is 28.2 Å². The third-order valence-electron chi connectivity index (χ3n) is 5.59. The van der Waals surface area contributed by atoms with Crippen LogP contribution in [0.4, 0.5) is 17.6 Å². The van der Waals surface area contributed by atoms with Gasteiger partial charge in [-0.2, -0.15) is 4.98 Å². The average Bonchev–Trinajstić information content (AvgIpc) is 3.22. The van der Waals surface area contributed by atoms with Crippen molar-refractivity contribution >= 4 is 39.1 Å². The first kappa shape index (κ1) is 21.8. The van der Waals surface area contributed by atoms with E-state index in [1.54, 1.807) is 26.0 Å². The number of rotatable bonds is 6. The van der Waals surface area contributed by atoms with E-state index in [0.29, 0.717) is 29.7 Å². The molecular weight excluding hydrogens is 418 g/mol. The Hall–Kier alpha value is -2.37. The van der Waals surface area contributed by atoms with Crippen molar-refractivity contribution in [3.8, 4) is 0 Å². The van der Waals surface area contributed by atoms with Gasteiger partial charge in [0.25, 0.3) is 0 Å². The van der Waals surface area contributed by atoms with Gasteiger partial charge in [0.15, 0.2) is 0 Å². The standard InChI is InChI=1S/C21H27N5O4S/c1-10-9-31-19-15(10)18(24-14-6-4-5-13(23-14)21(2,3)30)25-20(26-19)22-12-7-11(8-27)16(28)17(12)29/h4-6,9,11-12,16-17,27-30H,7-8H2,1-3H3,(H2,22,23,24,25,26)/t11-,12-,16-,17+/m1/s1. The van der Waals surface area contributed by atoms with Crippen LogP contribution in [0, 0.1) is 12.8 Å². The normalized spacial score (nSPS) is 24.0. The third-order valence-corrected chi connectivity index (χ3v) is 6.58. The zero-order chi connectivity index (χ0) is 22.3. The van der Waals surface area contributed by atoms with E-state index in [2.05, 4.69) is 25.6 Å². The van der Waals surface area contributed by atoms with Gasteiger partial charge >= 0.3 is 0 Å². The number of pyridine rings is 1. The van der Waals surface area contributed by atoms with Crippen LogP contribution in [0.3, 0.4) is 0 Å². The number of nitrogens with one attached hydrogen (secondary N) is 2. The first-order chi connectivity index (χ1) is 14.7. The molecule has 0 bridgehead atoms. The van der Waals surface area contributed by atoms with Gasteiger partial charge in [0.05, 0.1) is 23.2 Å². The lowest BCUT2D eigenvalue weighted by Crippen LogP contribution is -2.35. The van der Waals surface area contributed by atoms with Crippen molar-refractivity contribution in [1.82, 2.24) is 15.0 Å². The molecule has 1 fully saturated rings. The molecule has 6 N–H and O–H groups in total. The highest BCUT2D eigenvalue weighted by molar-refractivity contribution is 7.17. The first-order valence-electron chi connectivity index (χ1n) is 10.1. The van der Waals surface area contributed by atoms with E-state index in [-0.39, 0.29) is 6.61 Å². The lowest BCUT2D eigenvalue weighted by atomic mass is 10.1. The minimum Gasteiger partial charge on any atom is -0.396 e. The number of hydrogen-bond donors (Lipinski definition) is 6. The molecule has 0 aromatic carbocycles. The average molecular weight is 446 g/mol. The van der Waals surface area contributed by atoms with E-state index in [0.717, 1.165) is 15.8 Å². The summed E-state index contributed by atoms with van der Waals surface area (Å²) >= 11 is 1.48. The number of aliphatic hydroxyl groups is 4. The summed E-state index contributed by atoms with van der Waals surface area (Å²) in [6, 6.07) is 4.89. The first-order valence-corrected chi connectivity index (χ1v) is 11.0. The predicted molar refractivity (Wildman–Crippen MR) is 120 cm³/mol. The molecule has 3 aromatic heterocycles. The van der Waals surface area contributed by atoms with Crippen molar-refractivity contribution in [2.24, 2.45) is 5.92 Å². The molecule has 166 valence electrons. The van der Waals surface area contributed by atoms with Crippen LogP contribution in [-0.2, 0) is 5.60 Å². The summed E-state index contributed by atoms with van der Waals surface area (Å²) < 4.78 is 0. The maximum absolute atomic E-state index is 10.3. The second-order valence-corrected chi connectivity index (χ2v) is 9.36. The van der Waals surface area contributed by atoms with E-state index < -0.39 is 29.8 Å². The van der Waals surface area contributed by atoms with Crippen molar-refractivity contribution in [2.75, 3.05) is 17.2 Å². The second kappa shape index (κ2) is 8.29. The molecule has 0 amide bonds. The number of hydrogen-bond acceptors (Lipinski definition) is 10. The van der Waals surface area contributed by atoms with E-state index in [4.69, 9.17) is 0 Å². The number of thiophene rings is 1. The molecule has 3 aromatic rings. The van der Waals surface area contributed by atoms with Crippen LogP contribution in [0.1, 0.15) is 31.5 Å². The number of nitrogens with zero attached hydrogens (tertiary/aromatic N) is 3. The monoisotopic (exact) mass is 445 g/mol. The summed E-state index contributed by atoms with van der Waals surface area (Å²) in [6.45, 7) is 5.13. The quantitative estimate of drug-likeness (QED) is 0.335. The molecule has 0 saturated heterocycles. The largest absolute Gasteiger partial charge is 0.396 e. The minimum atomic E-state index is -1.08. The second-order valence-electron chi connectivity index (χ2n) is 8.50. The van der Waals surface area contributed by atoms with Crippen LogP contribution >= 0.6 is 11.3 Å². The Bertz CT molecular complexity index is 1080. The van der Waals surface area contributed by atoms with Crippen molar-refractivity contribution in [1.29, 1.82) is 0 Å². The molecule has 0 unspecified atom stereocenters. The van der Waals surface area contributed by atoms with Crippen molar-refractivity contribution < 1.29 is 20.4 Å². The van der Waals surface area contributed by atoms with Crippen LogP contribution in [0.2, 0.25) is 0 Å². The van der Waals surface area contributed by atoms with Crippen molar-refractivity contribution in [3.63, 3.8) is 0 Å². The van der Waals surface area contributed by atoms with Crippen LogP contribution in [0.15, 0.2) is 23.6 Å². The van der Waals surface area contributed by atoms with Gasteiger partial charge in [0.2, 0.25) is 5.95 Å². The Morgan fingerprint density at radius 2 is 1.94 bits per heavy atom. The van der Waals surface area contributed by atoms with Crippen molar-refractivity contribution in [2.45, 2.75) is 51.0 Å². The fourth-order valence-corrected chi connectivity index (χ4v) is 4.74. The molecule has 0 aliphatic heterocycles. The Morgan fingerprint density at radius 3 is 2.61 bits per heavy atom. The summed E-state index contributed by atoms with van der Waals surface area (Å²) in [5.41, 5.74) is 0.470. The number of aromatic nitrogens is 3. The number of aliphatic hydroxyl groups excluding tert-OH is 3. The number of aryl methyl sites for hydroxylation is 1. The zero-order valence-corrected chi connectivity index (χ0v) is 18.4. The number of anilines is 3. The molecule has 4 atom stereocenters. The van der Waals surface area contributed by atoms with Gasteiger partial charge in [-0.3, -0.25) is 0 Å². The van der Waals surface area contributed by atoms with Gasteiger partial charge in [-0.1, -0.05) is 6.07 Å². The van der Waals surface area contributed by atoms with Gasteiger partial charge in [-0.25, -0.2) is 9.97 Å². The highest BCUT2D eigenvalue weighted by Crippen LogP contribution is 2.34. The molecule has 0 radical (unpaired) electrons. The lowest BCUT2D eigenvalue weighted by molar-refractivity contribution is 0.00443. The minimum absolute atomic E-state index is 0.198. The predicted octanol–water partition coefficient (Wildman–Crippen LogP) is 1.88. The van der Waals surface area contributed by atoms with E-state index in [1.807, 2.05) is 18.4 Å². The fraction of sp³-hybridized carbons (Fsp3) is 0.476. The van der Waals surface area contributed by atoms with E-state index >= 15 is 0 Å². The molecule has 1 saturated carbocycles. The van der Waals surface area contributed by atoms with Gasteiger partial charge < -0.3 is 31.1 Å². The van der Waals surface area contributed by atoms with Crippen LogP contribution in [0.5, 0.6) is 0 Å². The molecule has 10 heteroatoms. The van der Waals surface area contributed by atoms with Crippen molar-refractivity contribution in [3.05, 3.63) is 34.8 Å². The highest BCUT2D eigenvalue weighted by atomic mass is 32.1. The topological polar surface area (TPSA) is 144 Å². The summed E-state index contributed by atoms with van der Waals surface area (Å²) in [5, 5.41) is 49.3. The molecular formula is C21H27N5O4S. The summed E-state index contributed by atoms with van der Waals surface area (Å²) in [6.07, 6.45) is -1.62. The Balaban J connectivity index is 1.67. The highest BCUT2D eigenvalue weighted by Gasteiger charge is 2.41. The molecule has 9 nitrogen and oxygen atoms in total. The smallest absolute Gasteiger partial charge is 0.226 e. The SMILES string of the molecule is Cc1csc2nc(N[C@@H]3C[C@H](CO)[C@@H](O)[C@H]3O)nc(Nc3cccc(C(C)(C)O)n3)c12. The van der Waals surface area contributed by atoms with E-state index in [9.17, 15) is 20.4 Å². The Kier molecular flexibility index (Phi) is 5.84. The van der Waals surface area contributed by atoms with E-state index in [1.165, 1.54) is 11.3 Å². The van der Waals surface area contributed by atoms with Gasteiger partial charge in [0, 0.05) is 12.5 Å². The van der Waals surface area contributed by atoms with Gasteiger partial charge in [-0.05, 0) is 50.3 Å². The summed E-state index contributed by atoms with van der Waals surface area (Å²) in [7, 11) is 0. The maximum atomic E-state index is 10.3. The fourth-order valence-electron chi connectivity index (χ4n) is 3.82. The van der Waals surface area contributed by atoms with Crippen LogP contribution < -0.4 is 10.6 Å². The van der Waals surface area contributed by atoms with Crippen LogP contribution in [0.25, 0.3) is 10.2 Å². The summed E-state index contributed by atoms with van der Waals surface area (Å²) in [4.78, 5) is 14.4. The molecule has 0 spiro atoms. The zero-order valence-electron chi connectivity index (χ0n) is 17.6.